The van der Waals surface area contributed by atoms with Gasteiger partial charge in [-0.2, -0.15) is 0 Å². The summed E-state index contributed by atoms with van der Waals surface area (Å²) in [6.45, 7) is 2.23. The van der Waals surface area contributed by atoms with Crippen LogP contribution in [0.2, 0.25) is 0 Å². The van der Waals surface area contributed by atoms with Crippen LogP contribution in [0.3, 0.4) is 0 Å². The maximum atomic E-state index is 11.8. The van der Waals surface area contributed by atoms with Crippen molar-refractivity contribution >= 4 is 15.9 Å². The average molecular weight is 279 g/mol. The van der Waals surface area contributed by atoms with Gasteiger partial charge in [-0.1, -0.05) is 0 Å². The van der Waals surface area contributed by atoms with E-state index < -0.39 is 10.0 Å². The summed E-state index contributed by atoms with van der Waals surface area (Å²) in [6.07, 6.45) is 0.762. The monoisotopic (exact) mass is 279 g/mol. The largest absolute Gasteiger partial charge is 0.383 e. The molecule has 1 aliphatic rings. The average Bonchev–Trinajstić information content (AvgIpc) is 2.83. The second kappa shape index (κ2) is 7.67. The standard InChI is InChI=1S/C10H21N3O4S/c1-17-7-6-12-10(14)3-5-13-18(15,16)9-2-4-11-8-9/h9,11,13H,2-8H2,1H3,(H,12,14). The fourth-order valence-electron chi connectivity index (χ4n) is 1.70. The van der Waals surface area contributed by atoms with Crippen molar-refractivity contribution in [3.05, 3.63) is 0 Å². The molecule has 3 N–H and O–H groups in total. The van der Waals surface area contributed by atoms with Crippen LogP contribution in [0.25, 0.3) is 0 Å². The zero-order valence-corrected chi connectivity index (χ0v) is 11.4. The predicted molar refractivity (Wildman–Crippen MR) is 67.7 cm³/mol. The summed E-state index contributed by atoms with van der Waals surface area (Å²) in [5, 5.41) is 5.25. The Bertz CT molecular complexity index is 352. The van der Waals surface area contributed by atoms with Crippen molar-refractivity contribution in [3.63, 3.8) is 0 Å². The maximum Gasteiger partial charge on any atom is 0.221 e. The van der Waals surface area contributed by atoms with Gasteiger partial charge in [0.1, 0.15) is 0 Å². The molecule has 0 bridgehead atoms. The molecule has 1 saturated heterocycles. The first-order valence-electron chi connectivity index (χ1n) is 6.01. The molecular weight excluding hydrogens is 258 g/mol. The smallest absolute Gasteiger partial charge is 0.221 e. The molecule has 18 heavy (non-hydrogen) atoms. The molecule has 7 nitrogen and oxygen atoms in total. The third kappa shape index (κ3) is 5.30. The van der Waals surface area contributed by atoms with Crippen molar-refractivity contribution in [2.75, 3.05) is 39.9 Å². The molecule has 0 radical (unpaired) electrons. The Hall–Kier alpha value is -0.700. The van der Waals surface area contributed by atoms with Gasteiger partial charge in [-0.15, -0.1) is 0 Å². The van der Waals surface area contributed by atoms with E-state index in [1.807, 2.05) is 0 Å². The molecule has 1 atom stereocenters. The van der Waals surface area contributed by atoms with Gasteiger partial charge < -0.3 is 15.4 Å². The lowest BCUT2D eigenvalue weighted by Gasteiger charge is -2.11. The van der Waals surface area contributed by atoms with Crippen molar-refractivity contribution in [3.8, 4) is 0 Å². The van der Waals surface area contributed by atoms with Crippen LogP contribution in [0.5, 0.6) is 0 Å². The summed E-state index contributed by atoms with van der Waals surface area (Å²) < 4.78 is 30.8. The van der Waals surface area contributed by atoms with Gasteiger partial charge in [-0.3, -0.25) is 4.79 Å². The number of carbonyl (C=O) groups is 1. The molecule has 1 amide bonds. The van der Waals surface area contributed by atoms with Gasteiger partial charge >= 0.3 is 0 Å². The Labute approximate surface area is 108 Å². The highest BCUT2D eigenvalue weighted by atomic mass is 32.2. The first-order chi connectivity index (χ1) is 8.56. The molecule has 0 aromatic rings. The van der Waals surface area contributed by atoms with E-state index in [4.69, 9.17) is 4.74 Å². The third-order valence-electron chi connectivity index (χ3n) is 2.74. The SMILES string of the molecule is COCCNC(=O)CCNS(=O)(=O)C1CCNC1. The van der Waals surface area contributed by atoms with E-state index in [0.717, 1.165) is 6.54 Å². The van der Waals surface area contributed by atoms with Gasteiger partial charge in [0, 0.05) is 33.2 Å². The maximum absolute atomic E-state index is 11.8. The molecule has 0 aromatic carbocycles. The highest BCUT2D eigenvalue weighted by molar-refractivity contribution is 7.90. The Morgan fingerprint density at radius 3 is 2.83 bits per heavy atom. The Kier molecular flexibility index (Phi) is 6.55. The molecule has 0 aliphatic carbocycles. The first-order valence-corrected chi connectivity index (χ1v) is 7.55. The van der Waals surface area contributed by atoms with E-state index in [0.29, 0.717) is 26.1 Å². The number of hydrogen-bond acceptors (Lipinski definition) is 5. The Balaban J connectivity index is 2.18. The minimum Gasteiger partial charge on any atom is -0.383 e. The molecule has 1 rings (SSSR count). The van der Waals surface area contributed by atoms with Gasteiger partial charge in [0.05, 0.1) is 11.9 Å². The topological polar surface area (TPSA) is 96.5 Å². The number of methoxy groups -OCH3 is 1. The number of nitrogens with one attached hydrogen (secondary N) is 3. The molecule has 1 fully saturated rings. The van der Waals surface area contributed by atoms with E-state index in [9.17, 15) is 13.2 Å². The fraction of sp³-hybridized carbons (Fsp3) is 0.900. The molecule has 1 heterocycles. The minimum atomic E-state index is -3.30. The van der Waals surface area contributed by atoms with Crippen LogP contribution in [0, 0.1) is 0 Å². The van der Waals surface area contributed by atoms with Gasteiger partial charge in [0.15, 0.2) is 0 Å². The summed E-state index contributed by atoms with van der Waals surface area (Å²) >= 11 is 0. The number of amides is 1. The van der Waals surface area contributed by atoms with Gasteiger partial charge in [0.25, 0.3) is 0 Å². The predicted octanol–water partition coefficient (Wildman–Crippen LogP) is -1.58. The summed E-state index contributed by atoms with van der Waals surface area (Å²) in [4.78, 5) is 11.3. The highest BCUT2D eigenvalue weighted by Crippen LogP contribution is 2.07. The zero-order chi connectivity index (χ0) is 13.4. The molecular formula is C10H21N3O4S. The summed E-state index contributed by atoms with van der Waals surface area (Å²) in [7, 11) is -1.75. The number of carbonyl (C=O) groups excluding carboxylic acids is 1. The molecule has 106 valence electrons. The summed E-state index contributed by atoms with van der Waals surface area (Å²) in [6, 6.07) is 0. The van der Waals surface area contributed by atoms with Gasteiger partial charge in [0.2, 0.25) is 15.9 Å². The van der Waals surface area contributed by atoms with Gasteiger partial charge in [-0.05, 0) is 13.0 Å². The van der Waals surface area contributed by atoms with Crippen LogP contribution in [-0.2, 0) is 19.6 Å². The van der Waals surface area contributed by atoms with Crippen molar-refractivity contribution < 1.29 is 17.9 Å². The highest BCUT2D eigenvalue weighted by Gasteiger charge is 2.27. The van der Waals surface area contributed by atoms with Crippen molar-refractivity contribution in [1.29, 1.82) is 0 Å². The van der Waals surface area contributed by atoms with Crippen LogP contribution in [0.4, 0.5) is 0 Å². The van der Waals surface area contributed by atoms with Crippen molar-refractivity contribution in [2.45, 2.75) is 18.1 Å². The van der Waals surface area contributed by atoms with Crippen LogP contribution in [-0.4, -0.2) is 59.5 Å². The van der Waals surface area contributed by atoms with E-state index >= 15 is 0 Å². The molecule has 0 spiro atoms. The lowest BCUT2D eigenvalue weighted by Crippen LogP contribution is -2.38. The minimum absolute atomic E-state index is 0.137. The Morgan fingerprint density at radius 1 is 1.44 bits per heavy atom. The number of hydrogen-bond donors (Lipinski definition) is 3. The van der Waals surface area contributed by atoms with Crippen LogP contribution in [0.1, 0.15) is 12.8 Å². The van der Waals surface area contributed by atoms with Crippen LogP contribution < -0.4 is 15.4 Å². The molecule has 1 aliphatic heterocycles. The third-order valence-corrected chi connectivity index (χ3v) is 4.62. The van der Waals surface area contributed by atoms with E-state index in [1.165, 1.54) is 0 Å². The van der Waals surface area contributed by atoms with Crippen LogP contribution >= 0.6 is 0 Å². The molecule has 0 saturated carbocycles. The molecule has 0 aromatic heterocycles. The van der Waals surface area contributed by atoms with Gasteiger partial charge in [-0.25, -0.2) is 13.1 Å². The van der Waals surface area contributed by atoms with E-state index in [2.05, 4.69) is 15.4 Å². The lowest BCUT2D eigenvalue weighted by molar-refractivity contribution is -0.121. The summed E-state index contributed by atoms with van der Waals surface area (Å²) in [5.74, 6) is -0.181. The lowest BCUT2D eigenvalue weighted by atomic mass is 10.4. The molecule has 8 heteroatoms. The first kappa shape index (κ1) is 15.4. The van der Waals surface area contributed by atoms with Crippen LogP contribution in [0.15, 0.2) is 0 Å². The number of sulfonamides is 1. The Morgan fingerprint density at radius 2 is 2.22 bits per heavy atom. The number of ether oxygens (including phenoxy) is 1. The quantitative estimate of drug-likeness (QED) is 0.466. The normalized spacial score (nSPS) is 19.9. The zero-order valence-electron chi connectivity index (χ0n) is 10.6. The van der Waals surface area contributed by atoms with Crippen molar-refractivity contribution in [1.82, 2.24) is 15.4 Å². The van der Waals surface area contributed by atoms with Crippen molar-refractivity contribution in [2.24, 2.45) is 0 Å². The molecule has 1 unspecified atom stereocenters. The summed E-state index contributed by atoms with van der Waals surface area (Å²) in [5.41, 5.74) is 0. The second-order valence-corrected chi connectivity index (χ2v) is 6.19. The van der Waals surface area contributed by atoms with E-state index in [1.54, 1.807) is 7.11 Å². The number of rotatable bonds is 8. The van der Waals surface area contributed by atoms with E-state index in [-0.39, 0.29) is 24.1 Å². The second-order valence-electron chi connectivity index (χ2n) is 4.15. The fourth-order valence-corrected chi connectivity index (χ4v) is 3.09.